The number of rotatable bonds is 5. The summed E-state index contributed by atoms with van der Waals surface area (Å²) in [6.45, 7) is 13.1. The van der Waals surface area contributed by atoms with Crippen LogP contribution in [0.25, 0.3) is 0 Å². The molecular formula is C20H33NO4. The van der Waals surface area contributed by atoms with Crippen LogP contribution in [-0.2, 0) is 14.3 Å². The van der Waals surface area contributed by atoms with Crippen LogP contribution in [0.4, 0.5) is 4.79 Å². The van der Waals surface area contributed by atoms with Crippen molar-refractivity contribution in [1.82, 2.24) is 4.90 Å². The number of allylic oxidation sites excluding steroid dienone is 1. The van der Waals surface area contributed by atoms with Gasteiger partial charge in [0.1, 0.15) is 5.60 Å². The number of hydrogen-bond donors (Lipinski definition) is 0. The molecule has 2 rings (SSSR count). The van der Waals surface area contributed by atoms with Crippen LogP contribution in [0.15, 0.2) is 12.2 Å². The molecule has 1 aliphatic carbocycles. The van der Waals surface area contributed by atoms with Crippen molar-refractivity contribution >= 4 is 12.0 Å². The lowest BCUT2D eigenvalue weighted by Crippen LogP contribution is -2.43. The highest BCUT2D eigenvalue weighted by atomic mass is 16.6. The van der Waals surface area contributed by atoms with Crippen molar-refractivity contribution in [3.63, 3.8) is 0 Å². The summed E-state index contributed by atoms with van der Waals surface area (Å²) in [5.74, 6) is 0.253. The summed E-state index contributed by atoms with van der Waals surface area (Å²) < 4.78 is 11.3. The summed E-state index contributed by atoms with van der Waals surface area (Å²) in [4.78, 5) is 26.7. The van der Waals surface area contributed by atoms with E-state index in [0.717, 1.165) is 19.4 Å². The summed E-state index contributed by atoms with van der Waals surface area (Å²) >= 11 is 0. The van der Waals surface area contributed by atoms with E-state index >= 15 is 0 Å². The molecule has 0 aromatic carbocycles. The van der Waals surface area contributed by atoms with Crippen LogP contribution in [-0.4, -0.2) is 41.8 Å². The molecule has 0 aromatic rings. The third-order valence-electron chi connectivity index (χ3n) is 5.24. The largest absolute Gasteiger partial charge is 0.443 e. The number of carbonyl (C=O) groups is 2. The van der Waals surface area contributed by atoms with Gasteiger partial charge >= 0.3 is 6.09 Å². The maximum absolute atomic E-state index is 12.8. The predicted molar refractivity (Wildman–Crippen MR) is 97.0 cm³/mol. The molecule has 1 aliphatic heterocycles. The molecule has 5 atom stereocenters. The minimum atomic E-state index is -0.614. The Morgan fingerprint density at radius 2 is 1.92 bits per heavy atom. The van der Waals surface area contributed by atoms with Crippen LogP contribution in [0.5, 0.6) is 0 Å². The summed E-state index contributed by atoms with van der Waals surface area (Å²) in [5.41, 5.74) is -0.614. The average molecular weight is 351 g/mol. The molecule has 142 valence electrons. The van der Waals surface area contributed by atoms with Gasteiger partial charge in [-0.2, -0.15) is 0 Å². The van der Waals surface area contributed by atoms with Crippen LogP contribution in [0.1, 0.15) is 54.4 Å². The van der Waals surface area contributed by atoms with E-state index in [9.17, 15) is 9.59 Å². The van der Waals surface area contributed by atoms with Gasteiger partial charge in [-0.25, -0.2) is 9.69 Å². The van der Waals surface area contributed by atoms with Crippen LogP contribution in [0, 0.1) is 23.7 Å². The van der Waals surface area contributed by atoms with E-state index in [-0.39, 0.29) is 29.7 Å². The highest BCUT2D eigenvalue weighted by Crippen LogP contribution is 2.44. The van der Waals surface area contributed by atoms with E-state index in [1.54, 1.807) is 0 Å². The Morgan fingerprint density at radius 1 is 1.24 bits per heavy atom. The van der Waals surface area contributed by atoms with Crippen molar-refractivity contribution in [3.05, 3.63) is 12.2 Å². The minimum Gasteiger partial charge on any atom is -0.443 e. The monoisotopic (exact) mass is 351 g/mol. The maximum Gasteiger partial charge on any atom is 0.417 e. The Morgan fingerprint density at radius 3 is 2.52 bits per heavy atom. The third kappa shape index (κ3) is 4.43. The van der Waals surface area contributed by atoms with Gasteiger partial charge in [0.2, 0.25) is 5.91 Å². The van der Waals surface area contributed by atoms with Crippen LogP contribution < -0.4 is 0 Å². The van der Waals surface area contributed by atoms with Crippen molar-refractivity contribution in [2.24, 2.45) is 23.7 Å². The van der Waals surface area contributed by atoms with Gasteiger partial charge in [-0.15, -0.1) is 0 Å². The summed E-state index contributed by atoms with van der Waals surface area (Å²) in [7, 11) is 0. The van der Waals surface area contributed by atoms with Crippen molar-refractivity contribution < 1.29 is 19.1 Å². The first-order valence-electron chi connectivity index (χ1n) is 9.49. The van der Waals surface area contributed by atoms with E-state index in [1.807, 2.05) is 33.8 Å². The smallest absolute Gasteiger partial charge is 0.417 e. The van der Waals surface area contributed by atoms with E-state index in [4.69, 9.17) is 9.47 Å². The lowest BCUT2D eigenvalue weighted by molar-refractivity contribution is -0.130. The molecule has 0 aromatic heterocycles. The van der Waals surface area contributed by atoms with Gasteiger partial charge in [0.05, 0.1) is 12.5 Å². The molecule has 25 heavy (non-hydrogen) atoms. The zero-order valence-corrected chi connectivity index (χ0v) is 16.5. The van der Waals surface area contributed by atoms with E-state index in [2.05, 4.69) is 19.9 Å². The van der Waals surface area contributed by atoms with Gasteiger partial charge in [-0.3, -0.25) is 4.79 Å². The first-order chi connectivity index (χ1) is 11.7. The first kappa shape index (κ1) is 20.0. The Hall–Kier alpha value is -1.36. The standard InChI is InChI=1S/C20H33NO4/c1-7-8-11-24-12-16-13(2)9-10-15-17(16)14(3)21(18(15)22)19(23)25-20(4,5)6/h9-10,13-17H,7-8,11-12H2,1-6H3/t13-,14-,15?,16+,17-/m1/s1. The molecule has 5 nitrogen and oxygen atoms in total. The summed E-state index contributed by atoms with van der Waals surface area (Å²) in [6.07, 6.45) is 5.68. The fourth-order valence-electron chi connectivity index (χ4n) is 3.92. The number of ether oxygens (including phenoxy) is 2. The second-order valence-electron chi connectivity index (χ2n) is 8.37. The van der Waals surface area contributed by atoms with Crippen LogP contribution >= 0.6 is 0 Å². The molecular weight excluding hydrogens is 318 g/mol. The summed E-state index contributed by atoms with van der Waals surface area (Å²) in [6, 6.07) is -0.181. The molecule has 1 unspecified atom stereocenters. The molecule has 2 aliphatic rings. The first-order valence-corrected chi connectivity index (χ1v) is 9.49. The molecule has 1 heterocycles. The van der Waals surface area contributed by atoms with Gasteiger partial charge in [-0.1, -0.05) is 32.4 Å². The fourth-order valence-corrected chi connectivity index (χ4v) is 3.92. The molecule has 0 spiro atoms. The second kappa shape index (κ2) is 7.90. The molecule has 0 saturated carbocycles. The molecule has 0 bridgehead atoms. The molecule has 1 fully saturated rings. The average Bonchev–Trinajstić information content (AvgIpc) is 2.75. The predicted octanol–water partition coefficient (Wildman–Crippen LogP) is 4.02. The fraction of sp³-hybridized carbons (Fsp3) is 0.800. The van der Waals surface area contributed by atoms with Crippen LogP contribution in [0.2, 0.25) is 0 Å². The molecule has 2 amide bonds. The Labute approximate surface area is 151 Å². The Bertz CT molecular complexity index is 522. The van der Waals surface area contributed by atoms with Crippen molar-refractivity contribution in [1.29, 1.82) is 0 Å². The number of likely N-dealkylation sites (tertiary alicyclic amines) is 1. The Balaban J connectivity index is 2.14. The normalized spacial score (nSPS) is 32.0. The topological polar surface area (TPSA) is 55.8 Å². The van der Waals surface area contributed by atoms with Crippen molar-refractivity contribution in [3.8, 4) is 0 Å². The van der Waals surface area contributed by atoms with E-state index in [0.29, 0.717) is 12.5 Å². The van der Waals surface area contributed by atoms with E-state index in [1.165, 1.54) is 4.90 Å². The quantitative estimate of drug-likeness (QED) is 0.554. The number of imide groups is 1. The second-order valence-corrected chi connectivity index (χ2v) is 8.37. The number of carbonyl (C=O) groups excluding carboxylic acids is 2. The lowest BCUT2D eigenvalue weighted by atomic mass is 9.70. The minimum absolute atomic E-state index is 0.0849. The summed E-state index contributed by atoms with van der Waals surface area (Å²) in [5, 5.41) is 0. The number of hydrogen-bond acceptors (Lipinski definition) is 4. The van der Waals surface area contributed by atoms with Gasteiger partial charge in [0.25, 0.3) is 0 Å². The van der Waals surface area contributed by atoms with Crippen molar-refractivity contribution in [2.45, 2.75) is 66.0 Å². The lowest BCUT2D eigenvalue weighted by Gasteiger charge is -2.36. The Kier molecular flexibility index (Phi) is 6.30. The van der Waals surface area contributed by atoms with Crippen LogP contribution in [0.3, 0.4) is 0 Å². The van der Waals surface area contributed by atoms with Gasteiger partial charge < -0.3 is 9.47 Å². The SMILES string of the molecule is CCCCOC[C@@H]1[C@H]2C(C=C[C@H]1C)C(=O)N(C(=O)OC(C)(C)C)[C@@H]2C. The van der Waals surface area contributed by atoms with E-state index < -0.39 is 11.7 Å². The molecule has 0 radical (unpaired) electrons. The zero-order chi connectivity index (χ0) is 18.8. The van der Waals surface area contributed by atoms with Gasteiger partial charge in [0.15, 0.2) is 0 Å². The third-order valence-corrected chi connectivity index (χ3v) is 5.24. The zero-order valence-electron chi connectivity index (χ0n) is 16.5. The number of amides is 2. The number of unbranched alkanes of at least 4 members (excludes halogenated alkanes) is 1. The van der Waals surface area contributed by atoms with Gasteiger partial charge in [-0.05, 0) is 46.0 Å². The maximum atomic E-state index is 12.8. The number of fused-ring (bicyclic) bond motifs is 1. The molecule has 0 N–H and O–H groups in total. The van der Waals surface area contributed by atoms with Crippen molar-refractivity contribution in [2.75, 3.05) is 13.2 Å². The van der Waals surface area contributed by atoms with Gasteiger partial charge in [0, 0.05) is 18.6 Å². The molecule has 1 saturated heterocycles. The number of nitrogens with zero attached hydrogens (tertiary/aromatic N) is 1. The highest BCUT2D eigenvalue weighted by molar-refractivity contribution is 5.97. The molecule has 5 heteroatoms. The highest BCUT2D eigenvalue weighted by Gasteiger charge is 2.53.